The number of aromatic carboxylic acids is 1. The fourth-order valence-corrected chi connectivity index (χ4v) is 3.30. The molecule has 2 aromatic carbocycles. The highest BCUT2D eigenvalue weighted by molar-refractivity contribution is 7.85. The van der Waals surface area contributed by atoms with Crippen molar-refractivity contribution in [1.82, 2.24) is 0 Å². The summed E-state index contributed by atoms with van der Waals surface area (Å²) in [6.07, 6.45) is 1.12. The molecule has 0 atom stereocenters. The topological polar surface area (TPSA) is 122 Å². The smallest absolute Gasteiger partial charge is 0.335 e. The highest BCUT2D eigenvalue weighted by Crippen LogP contribution is 2.27. The van der Waals surface area contributed by atoms with Crippen molar-refractivity contribution in [3.63, 3.8) is 0 Å². The number of fused-ring (bicyclic) bond motifs is 2. The Hall–Kier alpha value is -2.71. The fourth-order valence-electron chi connectivity index (χ4n) is 2.74. The number of benzene rings is 2. The number of carboxylic acid groups (broad SMARTS) is 1. The Kier molecular flexibility index (Phi) is 4.09. The average Bonchev–Trinajstić information content (AvgIpc) is 2.54. The normalized spacial score (nSPS) is 11.9. The third-order valence-corrected chi connectivity index (χ3v) is 4.72. The zero-order valence-electron chi connectivity index (χ0n) is 13.1. The lowest BCUT2D eigenvalue weighted by Gasteiger charge is -2.09. The molecule has 3 rings (SSSR count). The van der Waals surface area contributed by atoms with E-state index in [2.05, 4.69) is 0 Å². The van der Waals surface area contributed by atoms with E-state index >= 15 is 0 Å². The Morgan fingerprint density at radius 3 is 2.48 bits per heavy atom. The standard InChI is InChI=1S/C17H14O7S/c1-2-3-9-6-11(25(21,22)23)8-13-15(18)12-7-10(17(19)20)4-5-14(12)24-16(9)13/h4-8H,2-3H2,1H3,(H,19,20)(H,21,22,23). The van der Waals surface area contributed by atoms with E-state index in [0.29, 0.717) is 18.4 Å². The van der Waals surface area contributed by atoms with Crippen molar-refractivity contribution in [3.8, 4) is 0 Å². The van der Waals surface area contributed by atoms with E-state index in [1.165, 1.54) is 24.3 Å². The monoisotopic (exact) mass is 362 g/mol. The van der Waals surface area contributed by atoms with E-state index in [0.717, 1.165) is 6.07 Å². The van der Waals surface area contributed by atoms with E-state index in [1.54, 1.807) is 0 Å². The summed E-state index contributed by atoms with van der Waals surface area (Å²) in [4.78, 5) is 23.5. The summed E-state index contributed by atoms with van der Waals surface area (Å²) < 4.78 is 38.1. The molecule has 0 saturated carbocycles. The summed E-state index contributed by atoms with van der Waals surface area (Å²) in [6.45, 7) is 1.88. The van der Waals surface area contributed by atoms with Crippen LogP contribution >= 0.6 is 0 Å². The van der Waals surface area contributed by atoms with Gasteiger partial charge in [-0.2, -0.15) is 8.42 Å². The van der Waals surface area contributed by atoms with Crippen LogP contribution in [-0.2, 0) is 16.5 Å². The summed E-state index contributed by atoms with van der Waals surface area (Å²) in [6, 6.07) is 6.23. The van der Waals surface area contributed by atoms with E-state index in [-0.39, 0.29) is 27.5 Å². The molecule has 1 aromatic heterocycles. The lowest BCUT2D eigenvalue weighted by atomic mass is 10.0. The van der Waals surface area contributed by atoms with Crippen molar-refractivity contribution < 1.29 is 27.3 Å². The predicted octanol–water partition coefficient (Wildman–Crippen LogP) is 2.84. The Bertz CT molecular complexity index is 1170. The molecular formula is C17H14O7S. The summed E-state index contributed by atoms with van der Waals surface area (Å²) in [7, 11) is -4.50. The van der Waals surface area contributed by atoms with Crippen LogP contribution in [0, 0.1) is 0 Å². The van der Waals surface area contributed by atoms with Crippen molar-refractivity contribution in [3.05, 3.63) is 51.7 Å². The van der Waals surface area contributed by atoms with Crippen LogP contribution in [0.2, 0.25) is 0 Å². The molecule has 0 bridgehead atoms. The van der Waals surface area contributed by atoms with Gasteiger partial charge in [0, 0.05) is 0 Å². The zero-order valence-corrected chi connectivity index (χ0v) is 14.0. The number of aryl methyl sites for hydroxylation is 1. The van der Waals surface area contributed by atoms with Crippen molar-refractivity contribution in [1.29, 1.82) is 0 Å². The van der Waals surface area contributed by atoms with Gasteiger partial charge in [0.2, 0.25) is 5.43 Å². The highest BCUT2D eigenvalue weighted by Gasteiger charge is 2.18. The zero-order chi connectivity index (χ0) is 18.4. The number of hydrogen-bond acceptors (Lipinski definition) is 5. The summed E-state index contributed by atoms with van der Waals surface area (Å²) >= 11 is 0. The van der Waals surface area contributed by atoms with Crippen LogP contribution < -0.4 is 5.43 Å². The number of carbonyl (C=O) groups is 1. The Morgan fingerprint density at radius 1 is 1.16 bits per heavy atom. The molecule has 0 amide bonds. The number of hydrogen-bond donors (Lipinski definition) is 2. The van der Waals surface area contributed by atoms with Crippen LogP contribution in [0.5, 0.6) is 0 Å². The van der Waals surface area contributed by atoms with Gasteiger partial charge in [-0.1, -0.05) is 13.3 Å². The first-order valence-electron chi connectivity index (χ1n) is 7.46. The van der Waals surface area contributed by atoms with Gasteiger partial charge in [0.25, 0.3) is 10.1 Å². The minimum atomic E-state index is -4.50. The molecule has 3 aromatic rings. The molecule has 2 N–H and O–H groups in total. The highest BCUT2D eigenvalue weighted by atomic mass is 32.2. The molecule has 0 fully saturated rings. The number of carboxylic acids is 1. The van der Waals surface area contributed by atoms with Crippen LogP contribution in [0.4, 0.5) is 0 Å². The fraction of sp³-hybridized carbons (Fsp3) is 0.176. The maximum absolute atomic E-state index is 12.8. The number of rotatable bonds is 4. The summed E-state index contributed by atoms with van der Waals surface area (Å²) in [5.74, 6) is -1.19. The van der Waals surface area contributed by atoms with E-state index in [1.807, 2.05) is 6.92 Å². The van der Waals surface area contributed by atoms with Gasteiger partial charge in [-0.3, -0.25) is 9.35 Å². The molecule has 130 valence electrons. The van der Waals surface area contributed by atoms with Gasteiger partial charge in [-0.05, 0) is 42.3 Å². The largest absolute Gasteiger partial charge is 0.478 e. The molecule has 0 aliphatic heterocycles. The average molecular weight is 362 g/mol. The van der Waals surface area contributed by atoms with Gasteiger partial charge in [-0.15, -0.1) is 0 Å². The summed E-state index contributed by atoms with van der Waals surface area (Å²) in [5.41, 5.74) is 0.282. The van der Waals surface area contributed by atoms with Gasteiger partial charge in [0.05, 0.1) is 21.2 Å². The third-order valence-electron chi connectivity index (χ3n) is 3.88. The van der Waals surface area contributed by atoms with E-state index in [4.69, 9.17) is 9.52 Å². The van der Waals surface area contributed by atoms with Crippen molar-refractivity contribution >= 4 is 38.0 Å². The van der Waals surface area contributed by atoms with E-state index in [9.17, 15) is 22.6 Å². The van der Waals surface area contributed by atoms with Crippen LogP contribution in [0.3, 0.4) is 0 Å². The van der Waals surface area contributed by atoms with Crippen molar-refractivity contribution in [2.75, 3.05) is 0 Å². The summed E-state index contributed by atoms with van der Waals surface area (Å²) in [5, 5.41) is 9.08. The Morgan fingerprint density at radius 2 is 1.88 bits per heavy atom. The molecule has 0 aliphatic carbocycles. The molecule has 7 nitrogen and oxygen atoms in total. The maximum atomic E-state index is 12.8. The van der Waals surface area contributed by atoms with Gasteiger partial charge in [0.15, 0.2) is 0 Å². The van der Waals surface area contributed by atoms with Crippen LogP contribution in [0.25, 0.3) is 21.9 Å². The van der Waals surface area contributed by atoms with Gasteiger partial charge < -0.3 is 9.52 Å². The predicted molar refractivity (Wildman–Crippen MR) is 90.8 cm³/mol. The molecular weight excluding hydrogens is 348 g/mol. The SMILES string of the molecule is CCCc1cc(S(=O)(=O)O)cc2c(=O)c3cc(C(=O)O)ccc3oc12. The molecule has 0 radical (unpaired) electrons. The molecule has 0 unspecified atom stereocenters. The molecule has 25 heavy (non-hydrogen) atoms. The lowest BCUT2D eigenvalue weighted by Crippen LogP contribution is -2.08. The van der Waals surface area contributed by atoms with Crippen molar-refractivity contribution in [2.24, 2.45) is 0 Å². The minimum absolute atomic E-state index is 0.0198. The van der Waals surface area contributed by atoms with Crippen LogP contribution in [-0.4, -0.2) is 24.0 Å². The Labute approximate surface area is 142 Å². The van der Waals surface area contributed by atoms with Gasteiger partial charge >= 0.3 is 5.97 Å². The second-order valence-electron chi connectivity index (χ2n) is 5.63. The van der Waals surface area contributed by atoms with Crippen molar-refractivity contribution in [2.45, 2.75) is 24.7 Å². The minimum Gasteiger partial charge on any atom is -0.478 e. The molecule has 0 spiro atoms. The van der Waals surface area contributed by atoms with Gasteiger partial charge in [-0.25, -0.2) is 4.79 Å². The van der Waals surface area contributed by atoms with Gasteiger partial charge in [0.1, 0.15) is 11.2 Å². The molecule has 0 aliphatic rings. The lowest BCUT2D eigenvalue weighted by molar-refractivity contribution is 0.0697. The third kappa shape index (κ3) is 3.01. The maximum Gasteiger partial charge on any atom is 0.335 e. The molecule has 1 heterocycles. The first kappa shape index (κ1) is 17.1. The molecule has 8 heteroatoms. The first-order valence-corrected chi connectivity index (χ1v) is 8.90. The quantitative estimate of drug-likeness (QED) is 0.540. The van der Waals surface area contributed by atoms with Crippen LogP contribution in [0.1, 0.15) is 29.3 Å². The molecule has 0 saturated heterocycles. The van der Waals surface area contributed by atoms with E-state index < -0.39 is 26.4 Å². The Balaban J connectivity index is 2.48. The second kappa shape index (κ2) is 5.98. The second-order valence-corrected chi connectivity index (χ2v) is 7.05. The van der Waals surface area contributed by atoms with Crippen LogP contribution in [0.15, 0.2) is 44.4 Å². The first-order chi connectivity index (χ1) is 11.7.